The number of aryl methyl sites for hydroxylation is 2. The first kappa shape index (κ1) is 31.0. The van der Waals surface area contributed by atoms with Gasteiger partial charge >= 0.3 is 5.97 Å². The fourth-order valence-electron chi connectivity index (χ4n) is 6.79. The zero-order valence-electron chi connectivity index (χ0n) is 27.6. The van der Waals surface area contributed by atoms with Gasteiger partial charge in [-0.05, 0) is 94.2 Å². The molecule has 1 fully saturated rings. The molecule has 0 radical (unpaired) electrons. The molecule has 0 saturated carbocycles. The van der Waals surface area contributed by atoms with E-state index in [2.05, 4.69) is 59.0 Å². The van der Waals surface area contributed by atoms with Crippen LogP contribution < -0.4 is 9.80 Å². The Morgan fingerprint density at radius 2 is 1.71 bits per heavy atom. The van der Waals surface area contributed by atoms with Crippen molar-refractivity contribution in [3.63, 3.8) is 0 Å². The number of hydrogen-bond donors (Lipinski definition) is 1. The molecule has 4 aromatic rings. The van der Waals surface area contributed by atoms with Gasteiger partial charge in [-0.2, -0.15) is 0 Å². The average Bonchev–Trinajstić information content (AvgIpc) is 2.98. The Kier molecular flexibility index (Phi) is 8.06. The van der Waals surface area contributed by atoms with E-state index in [1.54, 1.807) is 6.20 Å². The Bertz CT molecular complexity index is 1750. The number of nitrogens with zero attached hydrogens (tertiary/aromatic N) is 5. The molecule has 1 saturated heterocycles. The number of hydrogen-bond acceptors (Lipinski definition) is 7. The fraction of sp³-hybridized carbons (Fsp3) is 0.459. The van der Waals surface area contributed by atoms with E-state index in [0.717, 1.165) is 84.7 Å². The number of piperidine rings is 1. The SMILES string of the molecule is Cc1nc(C)c(C(OC(C)(C)C)C(=O)O)c(N2CCC(C)(C)CC2)c1-c1ccc2c(c1)CCN(c1ccc3cnccc3n1)C2. The van der Waals surface area contributed by atoms with Crippen LogP contribution in [0, 0.1) is 19.3 Å². The summed E-state index contributed by atoms with van der Waals surface area (Å²) in [6, 6.07) is 12.8. The second-order valence-electron chi connectivity index (χ2n) is 14.4. The summed E-state index contributed by atoms with van der Waals surface area (Å²) >= 11 is 0. The number of carbonyl (C=O) groups is 1. The third-order valence-corrected chi connectivity index (χ3v) is 9.28. The van der Waals surface area contributed by atoms with E-state index in [1.807, 2.05) is 46.9 Å². The van der Waals surface area contributed by atoms with Gasteiger partial charge in [0.25, 0.3) is 0 Å². The highest BCUT2D eigenvalue weighted by atomic mass is 16.5. The van der Waals surface area contributed by atoms with Crippen LogP contribution in [-0.2, 0) is 22.5 Å². The van der Waals surface area contributed by atoms with Crippen molar-refractivity contribution in [2.45, 2.75) is 86.0 Å². The third-order valence-electron chi connectivity index (χ3n) is 9.28. The van der Waals surface area contributed by atoms with Crippen LogP contribution in [0.5, 0.6) is 0 Å². The summed E-state index contributed by atoms with van der Waals surface area (Å²) in [7, 11) is 0. The second kappa shape index (κ2) is 11.7. The van der Waals surface area contributed by atoms with Crippen molar-refractivity contribution in [2.24, 2.45) is 5.41 Å². The highest BCUT2D eigenvalue weighted by Gasteiger charge is 2.36. The van der Waals surface area contributed by atoms with E-state index in [-0.39, 0.29) is 5.41 Å². The first-order valence-corrected chi connectivity index (χ1v) is 16.0. The van der Waals surface area contributed by atoms with E-state index in [4.69, 9.17) is 14.7 Å². The van der Waals surface area contributed by atoms with Gasteiger partial charge in [-0.15, -0.1) is 0 Å². The van der Waals surface area contributed by atoms with Crippen LogP contribution in [0.2, 0.25) is 0 Å². The quantitative estimate of drug-likeness (QED) is 0.242. The second-order valence-corrected chi connectivity index (χ2v) is 14.4. The molecular formula is C37H45N5O3. The van der Waals surface area contributed by atoms with Crippen molar-refractivity contribution in [1.29, 1.82) is 0 Å². The summed E-state index contributed by atoms with van der Waals surface area (Å²) < 4.78 is 6.26. The number of rotatable bonds is 6. The zero-order valence-corrected chi connectivity index (χ0v) is 27.6. The summed E-state index contributed by atoms with van der Waals surface area (Å²) in [5, 5.41) is 11.5. The molecular weight excluding hydrogens is 562 g/mol. The van der Waals surface area contributed by atoms with Crippen molar-refractivity contribution in [2.75, 3.05) is 29.4 Å². The Morgan fingerprint density at radius 3 is 2.42 bits per heavy atom. The maximum absolute atomic E-state index is 12.8. The van der Waals surface area contributed by atoms with E-state index in [1.165, 1.54) is 11.1 Å². The number of aromatic nitrogens is 3. The van der Waals surface area contributed by atoms with Gasteiger partial charge < -0.3 is 19.6 Å². The normalized spacial score (nSPS) is 17.3. The topological polar surface area (TPSA) is 91.7 Å². The highest BCUT2D eigenvalue weighted by molar-refractivity contribution is 5.88. The van der Waals surface area contributed by atoms with Gasteiger partial charge in [-0.3, -0.25) is 9.97 Å². The number of aliphatic carboxylic acids is 1. The van der Waals surface area contributed by atoms with E-state index in [0.29, 0.717) is 11.3 Å². The molecule has 2 aliphatic rings. The number of carboxylic acid groups (broad SMARTS) is 1. The molecule has 2 aliphatic heterocycles. The van der Waals surface area contributed by atoms with E-state index < -0.39 is 17.7 Å². The smallest absolute Gasteiger partial charge is 0.337 e. The van der Waals surface area contributed by atoms with Gasteiger partial charge in [-0.1, -0.05) is 32.0 Å². The number of fused-ring (bicyclic) bond motifs is 2. The summed E-state index contributed by atoms with van der Waals surface area (Å²) in [6.45, 7) is 17.7. The summed E-state index contributed by atoms with van der Waals surface area (Å²) in [6.07, 6.45) is 5.46. The molecule has 0 aliphatic carbocycles. The molecule has 3 aromatic heterocycles. The monoisotopic (exact) mass is 607 g/mol. The van der Waals surface area contributed by atoms with Crippen LogP contribution in [-0.4, -0.2) is 51.3 Å². The van der Waals surface area contributed by atoms with Gasteiger partial charge in [0.15, 0.2) is 6.10 Å². The number of anilines is 2. The summed E-state index contributed by atoms with van der Waals surface area (Å²) in [5.74, 6) is -0.0205. The Hall–Kier alpha value is -4.04. The molecule has 1 N–H and O–H groups in total. The molecule has 1 atom stereocenters. The van der Waals surface area contributed by atoms with Crippen LogP contribution >= 0.6 is 0 Å². The highest BCUT2D eigenvalue weighted by Crippen LogP contribution is 2.45. The number of ether oxygens (including phenoxy) is 1. The summed E-state index contributed by atoms with van der Waals surface area (Å²) in [5.41, 5.74) is 8.46. The Morgan fingerprint density at radius 1 is 0.956 bits per heavy atom. The number of benzene rings is 1. The van der Waals surface area contributed by atoms with Gasteiger partial charge in [0, 0.05) is 66.5 Å². The molecule has 236 valence electrons. The average molecular weight is 608 g/mol. The molecule has 0 spiro atoms. The fourth-order valence-corrected chi connectivity index (χ4v) is 6.79. The van der Waals surface area contributed by atoms with E-state index in [9.17, 15) is 9.90 Å². The molecule has 1 unspecified atom stereocenters. The lowest BCUT2D eigenvalue weighted by atomic mass is 9.81. The lowest BCUT2D eigenvalue weighted by Gasteiger charge is -2.41. The minimum absolute atomic E-state index is 0.247. The van der Waals surface area contributed by atoms with Crippen LogP contribution in [0.15, 0.2) is 48.8 Å². The predicted octanol–water partition coefficient (Wildman–Crippen LogP) is 7.44. The molecule has 8 heteroatoms. The first-order chi connectivity index (χ1) is 21.3. The van der Waals surface area contributed by atoms with Gasteiger partial charge in [0.1, 0.15) is 5.82 Å². The lowest BCUT2D eigenvalue weighted by molar-refractivity contribution is -0.160. The number of carboxylic acids is 1. The Labute approximate surface area is 266 Å². The zero-order chi connectivity index (χ0) is 32.1. The van der Waals surface area contributed by atoms with E-state index >= 15 is 0 Å². The molecule has 8 nitrogen and oxygen atoms in total. The molecule has 6 rings (SSSR count). The molecule has 0 amide bonds. The largest absolute Gasteiger partial charge is 0.479 e. The van der Waals surface area contributed by atoms with Gasteiger partial charge in [-0.25, -0.2) is 9.78 Å². The standard InChI is InChI=1S/C37H45N5O3/c1-23-31(26-8-9-28-22-42(17-13-25(28)20-26)30-11-10-27-21-38-16-12-29(27)40-30)33(41-18-14-37(6,7)15-19-41)32(24(2)39-23)34(35(43)44)45-36(3,4)5/h8-12,16,20-21,34H,13-15,17-19,22H2,1-7H3,(H,43,44). The van der Waals surface area contributed by atoms with Crippen LogP contribution in [0.25, 0.3) is 22.0 Å². The minimum atomic E-state index is -1.13. The maximum Gasteiger partial charge on any atom is 0.337 e. The van der Waals surface area contributed by atoms with Crippen molar-refractivity contribution in [3.8, 4) is 11.1 Å². The summed E-state index contributed by atoms with van der Waals surface area (Å²) in [4.78, 5) is 31.6. The number of pyridine rings is 3. The molecule has 5 heterocycles. The van der Waals surface area contributed by atoms with Crippen molar-refractivity contribution in [1.82, 2.24) is 15.0 Å². The molecule has 45 heavy (non-hydrogen) atoms. The van der Waals surface area contributed by atoms with Crippen molar-refractivity contribution in [3.05, 3.63) is 76.9 Å². The minimum Gasteiger partial charge on any atom is -0.479 e. The molecule has 0 bridgehead atoms. The lowest BCUT2D eigenvalue weighted by Crippen LogP contribution is -2.39. The van der Waals surface area contributed by atoms with Gasteiger partial charge in [0.05, 0.1) is 16.8 Å². The van der Waals surface area contributed by atoms with Gasteiger partial charge in [0.2, 0.25) is 0 Å². The van der Waals surface area contributed by atoms with Crippen LogP contribution in [0.3, 0.4) is 0 Å². The van der Waals surface area contributed by atoms with Crippen LogP contribution in [0.1, 0.15) is 81.6 Å². The predicted molar refractivity (Wildman–Crippen MR) is 180 cm³/mol. The van der Waals surface area contributed by atoms with Crippen molar-refractivity contribution < 1.29 is 14.6 Å². The third kappa shape index (κ3) is 6.39. The maximum atomic E-state index is 12.8. The van der Waals surface area contributed by atoms with Crippen LogP contribution in [0.4, 0.5) is 11.5 Å². The van der Waals surface area contributed by atoms with Crippen molar-refractivity contribution >= 4 is 28.4 Å². The Balaban J connectivity index is 1.42. The molecule has 1 aromatic carbocycles. The first-order valence-electron chi connectivity index (χ1n) is 16.0.